The molecule has 0 aliphatic rings. The zero-order valence-corrected chi connectivity index (χ0v) is 13.0. The molecule has 0 saturated heterocycles. The van der Waals surface area contributed by atoms with Gasteiger partial charge in [-0.15, -0.1) is 0 Å². The summed E-state index contributed by atoms with van der Waals surface area (Å²) in [5.41, 5.74) is 0.964. The van der Waals surface area contributed by atoms with E-state index in [2.05, 4.69) is 49.6 Å². The monoisotopic (exact) mass is 269 g/mol. The average Bonchev–Trinajstić information content (AvgIpc) is 2.32. The molecule has 1 aromatic heterocycles. The van der Waals surface area contributed by atoms with E-state index in [0.29, 0.717) is 17.1 Å². The molecule has 4 heteroatoms. The van der Waals surface area contributed by atoms with Crippen molar-refractivity contribution in [1.29, 1.82) is 0 Å². The molecule has 1 atom stereocenters. The lowest BCUT2D eigenvalue weighted by atomic mass is 10.0. The van der Waals surface area contributed by atoms with Gasteiger partial charge in [0.05, 0.1) is 0 Å². The van der Waals surface area contributed by atoms with Crippen molar-refractivity contribution in [1.82, 2.24) is 9.97 Å². The predicted molar refractivity (Wildman–Crippen MR) is 78.5 cm³/mol. The molecule has 0 amide bonds. The average molecular weight is 270 g/mol. The van der Waals surface area contributed by atoms with Crippen LogP contribution in [0.1, 0.15) is 45.5 Å². The second kappa shape index (κ2) is 6.37. The Labute approximate surface area is 116 Å². The van der Waals surface area contributed by atoms with Gasteiger partial charge in [-0.1, -0.05) is 32.4 Å². The Bertz CT molecular complexity index is 404. The number of aromatic nitrogens is 2. The summed E-state index contributed by atoms with van der Waals surface area (Å²) in [6, 6.07) is 0.421. The molecule has 102 valence electrons. The van der Waals surface area contributed by atoms with Crippen LogP contribution in [0.25, 0.3) is 0 Å². The smallest absolute Gasteiger partial charge is 0.137 e. The quantitative estimate of drug-likeness (QED) is 0.760. The number of anilines is 1. The maximum atomic E-state index is 6.21. The number of halogens is 1. The van der Waals surface area contributed by atoms with Crippen LogP contribution in [-0.4, -0.2) is 23.1 Å². The second-order valence-electron chi connectivity index (χ2n) is 5.22. The molecule has 0 N–H and O–H groups in total. The third-order valence-electron chi connectivity index (χ3n) is 3.49. The highest BCUT2D eigenvalue weighted by Crippen LogP contribution is 2.25. The van der Waals surface area contributed by atoms with Gasteiger partial charge in [0.2, 0.25) is 0 Å². The molecule has 1 rings (SSSR count). The second-order valence-corrected chi connectivity index (χ2v) is 5.58. The SMILES string of the molecule is CCCc1nc(Cl)c(C)c(N(C)C(C)C(C)C)n1. The van der Waals surface area contributed by atoms with Gasteiger partial charge in [0.1, 0.15) is 16.8 Å². The van der Waals surface area contributed by atoms with E-state index in [1.54, 1.807) is 0 Å². The van der Waals surface area contributed by atoms with E-state index in [1.807, 2.05) is 6.92 Å². The molecule has 0 aliphatic heterocycles. The van der Waals surface area contributed by atoms with Crippen LogP contribution in [0.2, 0.25) is 5.15 Å². The van der Waals surface area contributed by atoms with Crippen LogP contribution in [0.4, 0.5) is 5.82 Å². The topological polar surface area (TPSA) is 29.0 Å². The lowest BCUT2D eigenvalue weighted by molar-refractivity contribution is 0.501. The first-order chi connectivity index (χ1) is 8.38. The van der Waals surface area contributed by atoms with Crippen molar-refractivity contribution in [3.8, 4) is 0 Å². The van der Waals surface area contributed by atoms with Crippen molar-refractivity contribution in [2.24, 2.45) is 5.92 Å². The van der Waals surface area contributed by atoms with Crippen LogP contribution in [-0.2, 0) is 6.42 Å². The molecule has 0 spiro atoms. The third kappa shape index (κ3) is 3.35. The van der Waals surface area contributed by atoms with E-state index in [0.717, 1.165) is 30.0 Å². The van der Waals surface area contributed by atoms with Crippen molar-refractivity contribution >= 4 is 17.4 Å². The summed E-state index contributed by atoms with van der Waals surface area (Å²) in [6.45, 7) is 10.7. The van der Waals surface area contributed by atoms with Gasteiger partial charge in [-0.25, -0.2) is 9.97 Å². The van der Waals surface area contributed by atoms with Gasteiger partial charge in [0.15, 0.2) is 0 Å². The molecule has 0 saturated carbocycles. The zero-order chi connectivity index (χ0) is 13.9. The lowest BCUT2D eigenvalue weighted by Gasteiger charge is -2.30. The van der Waals surface area contributed by atoms with Crippen molar-refractivity contribution in [3.63, 3.8) is 0 Å². The van der Waals surface area contributed by atoms with Crippen LogP contribution in [0.3, 0.4) is 0 Å². The van der Waals surface area contributed by atoms with Crippen molar-refractivity contribution in [2.75, 3.05) is 11.9 Å². The summed E-state index contributed by atoms with van der Waals surface area (Å²) < 4.78 is 0. The van der Waals surface area contributed by atoms with Crippen molar-refractivity contribution in [2.45, 2.75) is 53.5 Å². The largest absolute Gasteiger partial charge is 0.356 e. The Morgan fingerprint density at radius 1 is 1.22 bits per heavy atom. The molecule has 0 aromatic carbocycles. The van der Waals surface area contributed by atoms with E-state index in [9.17, 15) is 0 Å². The number of nitrogens with zero attached hydrogens (tertiary/aromatic N) is 3. The highest BCUT2D eigenvalue weighted by molar-refractivity contribution is 6.30. The number of hydrogen-bond acceptors (Lipinski definition) is 3. The molecule has 0 fully saturated rings. The molecule has 0 radical (unpaired) electrons. The van der Waals surface area contributed by atoms with Gasteiger partial charge in [-0.3, -0.25) is 0 Å². The molecule has 0 aliphatic carbocycles. The summed E-state index contributed by atoms with van der Waals surface area (Å²) >= 11 is 6.21. The van der Waals surface area contributed by atoms with Crippen LogP contribution in [0, 0.1) is 12.8 Å². The third-order valence-corrected chi connectivity index (χ3v) is 3.86. The Balaban J connectivity index is 3.13. The van der Waals surface area contributed by atoms with E-state index < -0.39 is 0 Å². The maximum absolute atomic E-state index is 6.21. The molecule has 0 bridgehead atoms. The fourth-order valence-electron chi connectivity index (χ4n) is 1.84. The summed E-state index contributed by atoms with van der Waals surface area (Å²) in [5.74, 6) is 2.36. The Kier molecular flexibility index (Phi) is 5.39. The number of aryl methyl sites for hydroxylation is 1. The van der Waals surface area contributed by atoms with Crippen LogP contribution >= 0.6 is 11.6 Å². The highest BCUT2D eigenvalue weighted by atomic mass is 35.5. The minimum Gasteiger partial charge on any atom is -0.356 e. The molecule has 1 heterocycles. The summed E-state index contributed by atoms with van der Waals surface area (Å²) in [5, 5.41) is 0.575. The fraction of sp³-hybridized carbons (Fsp3) is 0.714. The first-order valence-electron chi connectivity index (χ1n) is 6.64. The van der Waals surface area contributed by atoms with E-state index in [1.165, 1.54) is 0 Å². The normalized spacial score (nSPS) is 12.9. The summed E-state index contributed by atoms with van der Waals surface area (Å²) in [6.07, 6.45) is 1.90. The Hall–Kier alpha value is -0.830. The summed E-state index contributed by atoms with van der Waals surface area (Å²) in [4.78, 5) is 11.2. The van der Waals surface area contributed by atoms with Gasteiger partial charge in [-0.2, -0.15) is 0 Å². The van der Waals surface area contributed by atoms with Crippen LogP contribution in [0.5, 0.6) is 0 Å². The summed E-state index contributed by atoms with van der Waals surface area (Å²) in [7, 11) is 2.08. The standard InChI is InChI=1S/C14H24ClN3/c1-7-8-12-16-13(15)10(4)14(17-12)18(6)11(5)9(2)3/h9,11H,7-8H2,1-6H3. The molecular formula is C14H24ClN3. The molecular weight excluding hydrogens is 246 g/mol. The number of rotatable bonds is 5. The highest BCUT2D eigenvalue weighted by Gasteiger charge is 2.19. The minimum absolute atomic E-state index is 0.421. The zero-order valence-electron chi connectivity index (χ0n) is 12.3. The van der Waals surface area contributed by atoms with Gasteiger partial charge < -0.3 is 4.90 Å². The molecule has 3 nitrogen and oxygen atoms in total. The maximum Gasteiger partial charge on any atom is 0.137 e. The van der Waals surface area contributed by atoms with Gasteiger partial charge in [-0.05, 0) is 26.2 Å². The fourth-order valence-corrected chi connectivity index (χ4v) is 2.02. The van der Waals surface area contributed by atoms with Gasteiger partial charge in [0, 0.05) is 25.1 Å². The molecule has 1 aromatic rings. The van der Waals surface area contributed by atoms with Crippen molar-refractivity contribution in [3.05, 3.63) is 16.5 Å². The first-order valence-corrected chi connectivity index (χ1v) is 7.02. The van der Waals surface area contributed by atoms with Crippen LogP contribution in [0.15, 0.2) is 0 Å². The van der Waals surface area contributed by atoms with E-state index in [4.69, 9.17) is 11.6 Å². The predicted octanol–water partition coefficient (Wildman–Crippen LogP) is 3.87. The first kappa shape index (κ1) is 15.2. The molecule has 18 heavy (non-hydrogen) atoms. The number of hydrogen-bond donors (Lipinski definition) is 0. The lowest BCUT2D eigenvalue weighted by Crippen LogP contribution is -2.34. The van der Waals surface area contributed by atoms with Gasteiger partial charge >= 0.3 is 0 Å². The van der Waals surface area contributed by atoms with E-state index in [-0.39, 0.29) is 0 Å². The van der Waals surface area contributed by atoms with E-state index >= 15 is 0 Å². The van der Waals surface area contributed by atoms with Crippen molar-refractivity contribution < 1.29 is 0 Å². The van der Waals surface area contributed by atoms with Gasteiger partial charge in [0.25, 0.3) is 0 Å². The Morgan fingerprint density at radius 2 is 1.83 bits per heavy atom. The van der Waals surface area contributed by atoms with Crippen LogP contribution < -0.4 is 4.90 Å². The Morgan fingerprint density at radius 3 is 2.33 bits per heavy atom. The molecule has 1 unspecified atom stereocenters. The minimum atomic E-state index is 0.421.